The van der Waals surface area contributed by atoms with Gasteiger partial charge in [0.25, 0.3) is 0 Å². The summed E-state index contributed by atoms with van der Waals surface area (Å²) in [5.41, 5.74) is 0.730. The molecule has 1 aromatic rings. The van der Waals surface area contributed by atoms with Gasteiger partial charge in [0.2, 0.25) is 10.0 Å². The molecular weight excluding hydrogens is 265 g/mol. The van der Waals surface area contributed by atoms with Crippen LogP contribution in [0.1, 0.15) is 25.3 Å². The van der Waals surface area contributed by atoms with Gasteiger partial charge in [-0.05, 0) is 49.8 Å². The van der Waals surface area contributed by atoms with E-state index in [-0.39, 0.29) is 17.1 Å². The normalized spacial score (nSPS) is 30.3. The minimum absolute atomic E-state index is 0.112. The fourth-order valence-electron chi connectivity index (χ4n) is 3.43. The Hall–Kier alpha value is -0.940. The van der Waals surface area contributed by atoms with Gasteiger partial charge in [0, 0.05) is 12.1 Å². The molecule has 0 N–H and O–H groups in total. The Morgan fingerprint density at radius 3 is 2.47 bits per heavy atom. The van der Waals surface area contributed by atoms with Gasteiger partial charge in [-0.25, -0.2) is 12.8 Å². The van der Waals surface area contributed by atoms with Crippen molar-refractivity contribution in [3.8, 4) is 0 Å². The van der Waals surface area contributed by atoms with Crippen molar-refractivity contribution in [2.24, 2.45) is 5.92 Å². The highest BCUT2D eigenvalue weighted by Gasteiger charge is 2.56. The zero-order valence-electron chi connectivity index (χ0n) is 11.0. The Morgan fingerprint density at radius 2 is 1.95 bits per heavy atom. The van der Waals surface area contributed by atoms with Crippen LogP contribution < -0.4 is 0 Å². The van der Waals surface area contributed by atoms with Crippen molar-refractivity contribution >= 4 is 10.0 Å². The fourth-order valence-corrected chi connectivity index (χ4v) is 5.40. The van der Waals surface area contributed by atoms with Gasteiger partial charge in [0.05, 0.1) is 5.75 Å². The van der Waals surface area contributed by atoms with Gasteiger partial charge in [-0.1, -0.05) is 12.1 Å². The van der Waals surface area contributed by atoms with Crippen molar-refractivity contribution in [3.05, 3.63) is 35.6 Å². The van der Waals surface area contributed by atoms with E-state index in [0.29, 0.717) is 18.9 Å². The highest BCUT2D eigenvalue weighted by atomic mass is 32.2. The number of nitrogens with zero attached hydrogens (tertiary/aromatic N) is 1. The lowest BCUT2D eigenvalue weighted by atomic mass is 9.75. The zero-order chi connectivity index (χ0) is 13.7. The topological polar surface area (TPSA) is 37.4 Å². The number of hydrogen-bond donors (Lipinski definition) is 0. The van der Waals surface area contributed by atoms with Gasteiger partial charge in [-0.3, -0.25) is 0 Å². The first-order valence-electron chi connectivity index (χ1n) is 6.64. The molecule has 1 aromatic carbocycles. The number of rotatable bonds is 4. The number of halogens is 1. The lowest BCUT2D eigenvalue weighted by Crippen LogP contribution is -2.46. The minimum atomic E-state index is -3.19. The molecule has 3 nitrogen and oxygen atoms in total. The number of sulfonamides is 1. The Labute approximate surface area is 113 Å². The summed E-state index contributed by atoms with van der Waals surface area (Å²) in [7, 11) is -3.19. The van der Waals surface area contributed by atoms with Crippen LogP contribution in [-0.2, 0) is 16.4 Å². The van der Waals surface area contributed by atoms with Crippen LogP contribution in [0.2, 0.25) is 0 Å². The molecule has 5 heteroatoms. The maximum absolute atomic E-state index is 12.8. The summed E-state index contributed by atoms with van der Waals surface area (Å²) >= 11 is 0. The average Bonchev–Trinajstić information content (AvgIpc) is 2.82. The molecule has 104 valence electrons. The third-order valence-electron chi connectivity index (χ3n) is 4.38. The molecule has 1 aliphatic carbocycles. The monoisotopic (exact) mass is 283 g/mol. The quantitative estimate of drug-likeness (QED) is 0.849. The summed E-state index contributed by atoms with van der Waals surface area (Å²) in [6, 6.07) is 6.04. The summed E-state index contributed by atoms with van der Waals surface area (Å²) in [6.07, 6.45) is 2.45. The molecule has 4 rings (SSSR count). The van der Waals surface area contributed by atoms with Gasteiger partial charge in [-0.15, -0.1) is 0 Å². The van der Waals surface area contributed by atoms with E-state index in [1.807, 2.05) is 6.92 Å². The predicted octanol–water partition coefficient (Wildman–Crippen LogP) is 2.18. The number of fused-ring (bicyclic) bond motifs is 1. The second-order valence-electron chi connectivity index (χ2n) is 5.99. The summed E-state index contributed by atoms with van der Waals surface area (Å²) in [5, 5.41) is 0. The van der Waals surface area contributed by atoms with Crippen molar-refractivity contribution in [2.75, 3.05) is 12.3 Å². The Balaban J connectivity index is 1.67. The maximum Gasteiger partial charge on any atom is 0.214 e. The Morgan fingerprint density at radius 1 is 1.32 bits per heavy atom. The van der Waals surface area contributed by atoms with E-state index in [4.69, 9.17) is 0 Å². The molecule has 1 saturated carbocycles. The summed E-state index contributed by atoms with van der Waals surface area (Å²) in [5.74, 6) is 0.381. The summed E-state index contributed by atoms with van der Waals surface area (Å²) in [6.45, 7) is 2.72. The third-order valence-corrected chi connectivity index (χ3v) is 6.36. The third kappa shape index (κ3) is 2.30. The molecule has 0 spiro atoms. The van der Waals surface area contributed by atoms with E-state index < -0.39 is 10.0 Å². The van der Waals surface area contributed by atoms with Gasteiger partial charge in [-0.2, -0.15) is 4.31 Å². The van der Waals surface area contributed by atoms with E-state index in [2.05, 4.69) is 0 Å². The van der Waals surface area contributed by atoms with E-state index >= 15 is 0 Å². The molecule has 3 fully saturated rings. The standard InChI is InChI=1S/C14H18FNO2S/c1-14-8-12(9-14)10-16(14)19(17,18)7-6-11-2-4-13(15)5-3-11/h2-5,12H,6-10H2,1H3. The van der Waals surface area contributed by atoms with Crippen LogP contribution in [0.5, 0.6) is 0 Å². The Kier molecular flexibility index (Phi) is 2.94. The molecular formula is C14H18FNO2S. The maximum atomic E-state index is 12.8. The fraction of sp³-hybridized carbons (Fsp3) is 0.571. The second kappa shape index (κ2) is 4.28. The highest BCUT2D eigenvalue weighted by Crippen LogP contribution is 2.51. The summed E-state index contributed by atoms with van der Waals surface area (Å²) in [4.78, 5) is 0. The van der Waals surface area contributed by atoms with Crippen molar-refractivity contribution in [2.45, 2.75) is 31.7 Å². The van der Waals surface area contributed by atoms with Crippen LogP contribution in [-0.4, -0.2) is 30.6 Å². The van der Waals surface area contributed by atoms with Gasteiger partial charge in [0.15, 0.2) is 0 Å². The second-order valence-corrected chi connectivity index (χ2v) is 8.01. The summed E-state index contributed by atoms with van der Waals surface area (Å²) < 4.78 is 39.2. The molecule has 19 heavy (non-hydrogen) atoms. The zero-order valence-corrected chi connectivity index (χ0v) is 11.8. The lowest BCUT2D eigenvalue weighted by Gasteiger charge is -2.38. The lowest BCUT2D eigenvalue weighted by molar-refractivity contribution is 0.194. The van der Waals surface area contributed by atoms with Crippen LogP contribution >= 0.6 is 0 Å². The molecule has 0 radical (unpaired) electrons. The van der Waals surface area contributed by atoms with Crippen LogP contribution in [0.3, 0.4) is 0 Å². The molecule has 2 heterocycles. The van der Waals surface area contributed by atoms with Crippen LogP contribution in [0.15, 0.2) is 24.3 Å². The van der Waals surface area contributed by atoms with Gasteiger partial charge >= 0.3 is 0 Å². The number of aryl methyl sites for hydroxylation is 1. The molecule has 2 saturated heterocycles. The van der Waals surface area contributed by atoms with E-state index in [9.17, 15) is 12.8 Å². The molecule has 0 amide bonds. The molecule has 0 aromatic heterocycles. The molecule has 2 bridgehead atoms. The van der Waals surface area contributed by atoms with Crippen molar-refractivity contribution in [3.63, 3.8) is 0 Å². The Bertz CT molecular complexity index is 576. The average molecular weight is 283 g/mol. The van der Waals surface area contributed by atoms with Gasteiger partial charge < -0.3 is 0 Å². The molecule has 0 unspecified atom stereocenters. The van der Waals surface area contributed by atoms with E-state index in [0.717, 1.165) is 18.4 Å². The number of benzene rings is 1. The molecule has 3 aliphatic rings. The predicted molar refractivity (Wildman–Crippen MR) is 71.7 cm³/mol. The smallest absolute Gasteiger partial charge is 0.212 e. The SMILES string of the molecule is CC12CC(CN1S(=O)(=O)CCc1ccc(F)cc1)C2. The van der Waals surface area contributed by atoms with Crippen molar-refractivity contribution in [1.82, 2.24) is 4.31 Å². The first kappa shape index (κ1) is 13.1. The van der Waals surface area contributed by atoms with Crippen LogP contribution in [0.25, 0.3) is 0 Å². The minimum Gasteiger partial charge on any atom is -0.212 e. The van der Waals surface area contributed by atoms with Gasteiger partial charge in [0.1, 0.15) is 5.82 Å². The largest absolute Gasteiger partial charge is 0.214 e. The van der Waals surface area contributed by atoms with Crippen LogP contribution in [0, 0.1) is 11.7 Å². The first-order valence-corrected chi connectivity index (χ1v) is 8.25. The van der Waals surface area contributed by atoms with E-state index in [1.54, 1.807) is 16.4 Å². The van der Waals surface area contributed by atoms with Crippen molar-refractivity contribution in [1.29, 1.82) is 0 Å². The molecule has 2 aliphatic heterocycles. The van der Waals surface area contributed by atoms with Crippen molar-refractivity contribution < 1.29 is 12.8 Å². The number of hydrogen-bond acceptors (Lipinski definition) is 2. The highest BCUT2D eigenvalue weighted by molar-refractivity contribution is 7.89. The van der Waals surface area contributed by atoms with E-state index in [1.165, 1.54) is 12.1 Å². The first-order chi connectivity index (χ1) is 8.89. The van der Waals surface area contributed by atoms with Crippen LogP contribution in [0.4, 0.5) is 4.39 Å². The molecule has 0 atom stereocenters.